The second-order valence-electron chi connectivity index (χ2n) is 4.63. The van der Waals surface area contributed by atoms with Crippen molar-refractivity contribution in [3.63, 3.8) is 0 Å². The van der Waals surface area contributed by atoms with E-state index >= 15 is 0 Å². The number of halogens is 1. The molecule has 0 aliphatic rings. The van der Waals surface area contributed by atoms with Crippen molar-refractivity contribution >= 4 is 22.6 Å². The summed E-state index contributed by atoms with van der Waals surface area (Å²) >= 11 is 5.97. The molecule has 0 aliphatic heterocycles. The number of benzene rings is 2. The highest BCUT2D eigenvalue weighted by atomic mass is 35.5. The first kappa shape index (κ1) is 12.3. The normalized spacial score (nSPS) is 12.7. The van der Waals surface area contributed by atoms with Crippen LogP contribution in [-0.2, 0) is 6.42 Å². The molecule has 3 heteroatoms. The van der Waals surface area contributed by atoms with Gasteiger partial charge >= 0.3 is 0 Å². The van der Waals surface area contributed by atoms with E-state index < -0.39 is 0 Å². The van der Waals surface area contributed by atoms with Crippen LogP contribution in [0.5, 0.6) is 0 Å². The molecule has 3 aromatic rings. The van der Waals surface area contributed by atoms with Gasteiger partial charge in [-0.1, -0.05) is 41.9 Å². The highest BCUT2D eigenvalue weighted by Crippen LogP contribution is 2.25. The lowest BCUT2D eigenvalue weighted by Gasteiger charge is -2.08. The lowest BCUT2D eigenvalue weighted by atomic mass is 10.0. The summed E-state index contributed by atoms with van der Waals surface area (Å²) < 4.78 is 5.77. The molecule has 1 heterocycles. The molecule has 0 fully saturated rings. The van der Waals surface area contributed by atoms with Gasteiger partial charge in [0.25, 0.3) is 0 Å². The van der Waals surface area contributed by atoms with E-state index in [9.17, 15) is 0 Å². The van der Waals surface area contributed by atoms with Gasteiger partial charge in [0.05, 0.1) is 6.04 Å². The van der Waals surface area contributed by atoms with Crippen LogP contribution in [0.2, 0.25) is 5.02 Å². The predicted molar refractivity (Wildman–Crippen MR) is 78.3 cm³/mol. The third kappa shape index (κ3) is 2.65. The molecule has 0 amide bonds. The Kier molecular flexibility index (Phi) is 3.28. The molecule has 1 unspecified atom stereocenters. The lowest BCUT2D eigenvalue weighted by molar-refractivity contribution is 0.494. The Morgan fingerprint density at radius 3 is 2.68 bits per heavy atom. The molecule has 0 spiro atoms. The fourth-order valence-electron chi connectivity index (χ4n) is 2.20. The van der Waals surface area contributed by atoms with Gasteiger partial charge in [-0.25, -0.2) is 0 Å². The van der Waals surface area contributed by atoms with Crippen LogP contribution in [0.4, 0.5) is 0 Å². The van der Waals surface area contributed by atoms with Gasteiger partial charge in [-0.05, 0) is 36.2 Å². The van der Waals surface area contributed by atoms with Crippen molar-refractivity contribution in [2.24, 2.45) is 5.73 Å². The van der Waals surface area contributed by atoms with Gasteiger partial charge in [0.2, 0.25) is 0 Å². The topological polar surface area (TPSA) is 39.2 Å². The van der Waals surface area contributed by atoms with Gasteiger partial charge in [-0.2, -0.15) is 0 Å². The number of para-hydroxylation sites is 1. The van der Waals surface area contributed by atoms with Crippen LogP contribution in [-0.4, -0.2) is 0 Å². The van der Waals surface area contributed by atoms with Crippen molar-refractivity contribution in [2.75, 3.05) is 0 Å². The van der Waals surface area contributed by atoms with Crippen LogP contribution in [0.15, 0.2) is 59.0 Å². The van der Waals surface area contributed by atoms with Gasteiger partial charge in [0.15, 0.2) is 0 Å². The first-order chi connectivity index (χ1) is 9.22. The first-order valence-corrected chi connectivity index (χ1v) is 6.59. The van der Waals surface area contributed by atoms with Gasteiger partial charge in [0.1, 0.15) is 11.3 Å². The summed E-state index contributed by atoms with van der Waals surface area (Å²) in [6.07, 6.45) is 0.709. The fraction of sp³-hybridized carbons (Fsp3) is 0.125. The predicted octanol–water partition coefficient (Wildman–Crippen LogP) is 4.33. The van der Waals surface area contributed by atoms with E-state index in [1.165, 1.54) is 0 Å². The first-order valence-electron chi connectivity index (χ1n) is 6.21. The number of nitrogens with two attached hydrogens (primary N) is 1. The summed E-state index contributed by atoms with van der Waals surface area (Å²) in [5.74, 6) is 0.807. The van der Waals surface area contributed by atoms with Crippen LogP contribution in [0, 0.1) is 0 Å². The van der Waals surface area contributed by atoms with Crippen LogP contribution in [0.1, 0.15) is 17.4 Å². The molecule has 1 atom stereocenters. The number of fused-ring (bicyclic) bond motifs is 1. The maximum absolute atomic E-state index is 6.20. The van der Waals surface area contributed by atoms with Crippen molar-refractivity contribution in [3.8, 4) is 0 Å². The van der Waals surface area contributed by atoms with E-state index in [1.807, 2.05) is 54.6 Å². The summed E-state index contributed by atoms with van der Waals surface area (Å²) in [7, 11) is 0. The molecule has 1 aromatic heterocycles. The van der Waals surface area contributed by atoms with Crippen molar-refractivity contribution < 1.29 is 4.42 Å². The Labute approximate surface area is 116 Å². The Hall–Kier alpha value is -1.77. The maximum Gasteiger partial charge on any atom is 0.134 e. The SMILES string of the molecule is NC(Cc1cccc(Cl)c1)c1cc2ccccc2o1. The van der Waals surface area contributed by atoms with Crippen molar-refractivity contribution in [1.82, 2.24) is 0 Å². The quantitative estimate of drug-likeness (QED) is 0.770. The molecule has 19 heavy (non-hydrogen) atoms. The minimum atomic E-state index is -0.161. The zero-order chi connectivity index (χ0) is 13.2. The monoisotopic (exact) mass is 271 g/mol. The van der Waals surface area contributed by atoms with E-state index in [0.717, 1.165) is 27.3 Å². The van der Waals surface area contributed by atoms with Crippen molar-refractivity contribution in [1.29, 1.82) is 0 Å². The lowest BCUT2D eigenvalue weighted by Crippen LogP contribution is -2.12. The molecule has 2 N–H and O–H groups in total. The minimum Gasteiger partial charge on any atom is -0.459 e. The molecule has 0 saturated heterocycles. The second-order valence-corrected chi connectivity index (χ2v) is 5.06. The Morgan fingerprint density at radius 1 is 1.05 bits per heavy atom. The molecular weight excluding hydrogens is 258 g/mol. The largest absolute Gasteiger partial charge is 0.459 e. The maximum atomic E-state index is 6.20. The Bertz CT molecular complexity index is 672. The molecule has 0 radical (unpaired) electrons. The van der Waals surface area contributed by atoms with Gasteiger partial charge in [0, 0.05) is 10.4 Å². The fourth-order valence-corrected chi connectivity index (χ4v) is 2.42. The number of hydrogen-bond acceptors (Lipinski definition) is 2. The summed E-state index contributed by atoms with van der Waals surface area (Å²) in [5.41, 5.74) is 8.19. The van der Waals surface area contributed by atoms with E-state index in [2.05, 4.69) is 0 Å². The second kappa shape index (κ2) is 5.08. The summed E-state index contributed by atoms with van der Waals surface area (Å²) in [5, 5.41) is 1.81. The van der Waals surface area contributed by atoms with Crippen LogP contribution < -0.4 is 5.73 Å². The zero-order valence-corrected chi connectivity index (χ0v) is 11.1. The van der Waals surface area contributed by atoms with Gasteiger partial charge < -0.3 is 10.2 Å². The average Bonchev–Trinajstić information content (AvgIpc) is 2.82. The number of furan rings is 1. The highest BCUT2D eigenvalue weighted by molar-refractivity contribution is 6.30. The molecule has 0 bridgehead atoms. The average molecular weight is 272 g/mol. The summed E-state index contributed by atoms with van der Waals surface area (Å²) in [4.78, 5) is 0. The highest BCUT2D eigenvalue weighted by Gasteiger charge is 2.12. The van der Waals surface area contributed by atoms with E-state index in [-0.39, 0.29) is 6.04 Å². The Balaban J connectivity index is 1.85. The summed E-state index contributed by atoms with van der Waals surface area (Å²) in [6.45, 7) is 0. The van der Waals surface area contributed by atoms with Crippen LogP contribution in [0.25, 0.3) is 11.0 Å². The number of rotatable bonds is 3. The third-order valence-corrected chi connectivity index (χ3v) is 3.39. The van der Waals surface area contributed by atoms with E-state index in [0.29, 0.717) is 6.42 Å². The van der Waals surface area contributed by atoms with E-state index in [1.54, 1.807) is 0 Å². The molecule has 2 nitrogen and oxygen atoms in total. The molecular formula is C16H14ClNO. The molecule has 96 valence electrons. The van der Waals surface area contributed by atoms with Crippen LogP contribution in [0.3, 0.4) is 0 Å². The summed E-state index contributed by atoms with van der Waals surface area (Å²) in [6, 6.07) is 17.5. The van der Waals surface area contributed by atoms with Gasteiger partial charge in [-0.3, -0.25) is 0 Å². The molecule has 0 saturated carbocycles. The van der Waals surface area contributed by atoms with Crippen molar-refractivity contribution in [3.05, 3.63) is 70.9 Å². The standard InChI is InChI=1S/C16H14ClNO/c17-13-6-3-4-11(8-13)9-14(18)16-10-12-5-1-2-7-15(12)19-16/h1-8,10,14H,9,18H2. The molecule has 0 aliphatic carbocycles. The van der Waals surface area contributed by atoms with Crippen molar-refractivity contribution in [2.45, 2.75) is 12.5 Å². The third-order valence-electron chi connectivity index (χ3n) is 3.15. The van der Waals surface area contributed by atoms with Gasteiger partial charge in [-0.15, -0.1) is 0 Å². The molecule has 2 aromatic carbocycles. The zero-order valence-electron chi connectivity index (χ0n) is 10.3. The number of hydrogen-bond donors (Lipinski definition) is 1. The smallest absolute Gasteiger partial charge is 0.134 e. The Morgan fingerprint density at radius 2 is 1.89 bits per heavy atom. The molecule has 3 rings (SSSR count). The van der Waals surface area contributed by atoms with Crippen LogP contribution >= 0.6 is 11.6 Å². The van der Waals surface area contributed by atoms with E-state index in [4.69, 9.17) is 21.8 Å². The minimum absolute atomic E-state index is 0.161.